The molecule has 43 heavy (non-hydrogen) atoms. The summed E-state index contributed by atoms with van der Waals surface area (Å²) in [6.07, 6.45) is 0.539. The van der Waals surface area contributed by atoms with Crippen LogP contribution in [-0.4, -0.2) is 124 Å². The van der Waals surface area contributed by atoms with Gasteiger partial charge in [0.15, 0.2) is 5.82 Å². The number of benzene rings is 1. The van der Waals surface area contributed by atoms with E-state index in [0.29, 0.717) is 88.4 Å². The second kappa shape index (κ2) is 14.8. The third kappa shape index (κ3) is 9.54. The van der Waals surface area contributed by atoms with Gasteiger partial charge in [-0.05, 0) is 19.4 Å². The molecule has 2 saturated heterocycles. The van der Waals surface area contributed by atoms with Crippen molar-refractivity contribution < 1.29 is 38.6 Å². The Balaban J connectivity index is 1.47. The molecule has 4 rings (SSSR count). The van der Waals surface area contributed by atoms with E-state index < -0.39 is 37.6 Å². The fourth-order valence-electron chi connectivity index (χ4n) is 5.21. The van der Waals surface area contributed by atoms with Gasteiger partial charge >= 0.3 is 13.6 Å². The van der Waals surface area contributed by atoms with Crippen LogP contribution >= 0.6 is 7.60 Å². The molecule has 2 aromatic rings. The highest BCUT2D eigenvalue weighted by atomic mass is 31.2. The molecule has 1 aromatic heterocycles. The highest BCUT2D eigenvalue weighted by molar-refractivity contribution is 7.51. The summed E-state index contributed by atoms with van der Waals surface area (Å²) in [5, 5.41) is 11.3. The molecule has 2 aliphatic rings. The maximum Gasteiger partial charge on any atom is 0.328 e. The predicted octanol–water partition coefficient (Wildman–Crippen LogP) is 0.901. The molecule has 234 valence electrons. The number of carboxylic acid groups (broad SMARTS) is 1. The lowest BCUT2D eigenvalue weighted by molar-refractivity contribution is -0.137. The molecule has 2 amide bonds. The van der Waals surface area contributed by atoms with Crippen molar-refractivity contribution in [1.82, 2.24) is 25.1 Å². The van der Waals surface area contributed by atoms with E-state index in [1.54, 1.807) is 7.11 Å². The molecule has 1 aromatic carbocycles. The summed E-state index contributed by atoms with van der Waals surface area (Å²) in [4.78, 5) is 71.8. The Kier molecular flexibility index (Phi) is 11.2. The van der Waals surface area contributed by atoms with E-state index in [1.165, 1.54) is 11.0 Å². The minimum absolute atomic E-state index is 0.0197. The van der Waals surface area contributed by atoms with Gasteiger partial charge in [0.1, 0.15) is 17.6 Å². The average Bonchev–Trinajstić information content (AvgIpc) is 2.96. The van der Waals surface area contributed by atoms with E-state index in [4.69, 9.17) is 9.84 Å². The van der Waals surface area contributed by atoms with Crippen molar-refractivity contribution >= 4 is 31.2 Å². The number of carbonyl (C=O) groups is 3. The molecule has 0 bridgehead atoms. The number of rotatable bonds is 14. The topological polar surface area (TPSA) is 186 Å². The SMILES string of the molecule is COCC1CN(c2cc(C(=O)N[C@@H](CP(=O)(O)O)C(=O)N3CCN(CCCCC(=O)O)CC3)nc(-c3ccccc3)n2)C1. The third-order valence-electron chi connectivity index (χ3n) is 7.48. The van der Waals surface area contributed by atoms with Crippen LogP contribution < -0.4 is 10.2 Å². The minimum Gasteiger partial charge on any atom is -0.481 e. The highest BCUT2D eigenvalue weighted by Crippen LogP contribution is 2.35. The first-order valence-electron chi connectivity index (χ1n) is 14.3. The number of nitrogens with zero attached hydrogens (tertiary/aromatic N) is 5. The molecule has 14 nitrogen and oxygen atoms in total. The summed E-state index contributed by atoms with van der Waals surface area (Å²) >= 11 is 0. The van der Waals surface area contributed by atoms with Crippen molar-refractivity contribution in [2.24, 2.45) is 5.92 Å². The van der Waals surface area contributed by atoms with Crippen LogP contribution in [0, 0.1) is 5.92 Å². The van der Waals surface area contributed by atoms with Crippen molar-refractivity contribution in [1.29, 1.82) is 0 Å². The lowest BCUT2D eigenvalue weighted by Crippen LogP contribution is -2.56. The summed E-state index contributed by atoms with van der Waals surface area (Å²) in [7, 11) is -3.04. The highest BCUT2D eigenvalue weighted by Gasteiger charge is 2.35. The molecule has 4 N–H and O–H groups in total. The Hall–Kier alpha value is -3.42. The first kappa shape index (κ1) is 32.5. The lowest BCUT2D eigenvalue weighted by Gasteiger charge is -2.40. The van der Waals surface area contributed by atoms with E-state index in [0.717, 1.165) is 0 Å². The van der Waals surface area contributed by atoms with E-state index in [1.807, 2.05) is 35.2 Å². The Labute approximate surface area is 250 Å². The number of piperazine rings is 1. The lowest BCUT2D eigenvalue weighted by atomic mass is 10.0. The van der Waals surface area contributed by atoms with Crippen LogP contribution in [0.4, 0.5) is 5.82 Å². The van der Waals surface area contributed by atoms with Crippen molar-refractivity contribution in [3.63, 3.8) is 0 Å². The van der Waals surface area contributed by atoms with Gasteiger partial charge in [-0.25, -0.2) is 9.97 Å². The van der Waals surface area contributed by atoms with Gasteiger partial charge in [0.25, 0.3) is 5.91 Å². The van der Waals surface area contributed by atoms with Gasteiger partial charge in [-0.1, -0.05) is 30.3 Å². The zero-order valence-corrected chi connectivity index (χ0v) is 25.1. The fourth-order valence-corrected chi connectivity index (χ4v) is 5.93. The molecule has 0 unspecified atom stereocenters. The van der Waals surface area contributed by atoms with Gasteiger partial charge in [-0.3, -0.25) is 23.8 Å². The van der Waals surface area contributed by atoms with Crippen LogP contribution in [-0.2, 0) is 18.9 Å². The number of methoxy groups -OCH3 is 1. The molecule has 0 radical (unpaired) electrons. The van der Waals surface area contributed by atoms with E-state index in [2.05, 4.69) is 20.2 Å². The number of carbonyl (C=O) groups excluding carboxylic acids is 2. The second-order valence-corrected chi connectivity index (χ2v) is 12.6. The number of carboxylic acids is 1. The largest absolute Gasteiger partial charge is 0.481 e. The number of nitrogens with one attached hydrogen (secondary N) is 1. The molecule has 15 heteroatoms. The van der Waals surface area contributed by atoms with Gasteiger partial charge in [0.05, 0.1) is 12.8 Å². The first-order chi connectivity index (χ1) is 20.5. The number of hydrogen-bond acceptors (Lipinski definition) is 9. The molecule has 0 spiro atoms. The third-order valence-corrected chi connectivity index (χ3v) is 8.32. The number of anilines is 1. The smallest absolute Gasteiger partial charge is 0.328 e. The normalized spacial score (nSPS) is 16.9. The Morgan fingerprint density at radius 2 is 1.77 bits per heavy atom. The standard InChI is InChI=1S/C28H39N6O8P/c1-42-18-20-16-34(17-20)24-15-22(29-26(31-24)21-7-3-2-4-8-21)27(37)30-23(19-43(39,40)41)28(38)33-13-11-32(12-14-33)10-6-5-9-25(35)36/h2-4,7-8,15,20,23H,5-6,9-14,16-19H2,1H3,(H,30,37)(H,35,36)(H2,39,40,41)/t23-/m0/s1. The van der Waals surface area contributed by atoms with Gasteiger partial charge < -0.3 is 34.7 Å². The van der Waals surface area contributed by atoms with Gasteiger partial charge in [0.2, 0.25) is 5.91 Å². The Bertz CT molecular complexity index is 1310. The first-order valence-corrected chi connectivity index (χ1v) is 16.1. The zero-order chi connectivity index (χ0) is 31.0. The monoisotopic (exact) mass is 618 g/mol. The molecular weight excluding hydrogens is 579 g/mol. The van der Waals surface area contributed by atoms with Crippen LogP contribution in [0.25, 0.3) is 11.4 Å². The summed E-state index contributed by atoms with van der Waals surface area (Å²) in [5.74, 6) is -0.977. The molecule has 0 saturated carbocycles. The molecule has 2 aliphatic heterocycles. The van der Waals surface area contributed by atoms with Crippen LogP contribution in [0.15, 0.2) is 36.4 Å². The van der Waals surface area contributed by atoms with Crippen molar-refractivity contribution in [3.8, 4) is 11.4 Å². The minimum atomic E-state index is -4.68. The summed E-state index contributed by atoms with van der Waals surface area (Å²) in [5.41, 5.74) is 0.671. The van der Waals surface area contributed by atoms with Gasteiger partial charge in [-0.15, -0.1) is 0 Å². The van der Waals surface area contributed by atoms with Crippen LogP contribution in [0.3, 0.4) is 0 Å². The molecule has 0 aliphatic carbocycles. The number of ether oxygens (including phenoxy) is 1. The number of hydrogen-bond donors (Lipinski definition) is 4. The maximum atomic E-state index is 13.5. The Morgan fingerprint density at radius 1 is 1.07 bits per heavy atom. The quantitative estimate of drug-likeness (QED) is 0.173. The zero-order valence-electron chi connectivity index (χ0n) is 24.2. The maximum absolute atomic E-state index is 13.5. The van der Waals surface area contributed by atoms with E-state index >= 15 is 0 Å². The molecular formula is C28H39N6O8P. The molecule has 1 atom stereocenters. The summed E-state index contributed by atoms with van der Waals surface area (Å²) in [6, 6.07) is 9.20. The van der Waals surface area contributed by atoms with Crippen molar-refractivity contribution in [3.05, 3.63) is 42.1 Å². The second-order valence-electron chi connectivity index (χ2n) is 10.9. The predicted molar refractivity (Wildman–Crippen MR) is 158 cm³/mol. The van der Waals surface area contributed by atoms with Gasteiger partial charge in [0, 0.05) is 70.3 Å². The van der Waals surface area contributed by atoms with Crippen LogP contribution in [0.2, 0.25) is 0 Å². The van der Waals surface area contributed by atoms with Gasteiger partial charge in [-0.2, -0.15) is 0 Å². The number of aliphatic carboxylic acids is 1. The van der Waals surface area contributed by atoms with Crippen LogP contribution in [0.1, 0.15) is 29.8 Å². The summed E-state index contributed by atoms with van der Waals surface area (Å²) in [6.45, 7) is 4.37. The Morgan fingerprint density at radius 3 is 2.40 bits per heavy atom. The number of aromatic nitrogens is 2. The van der Waals surface area contributed by atoms with Crippen molar-refractivity contribution in [2.45, 2.75) is 25.3 Å². The van der Waals surface area contributed by atoms with Crippen LogP contribution in [0.5, 0.6) is 0 Å². The summed E-state index contributed by atoms with van der Waals surface area (Å²) < 4.78 is 17.2. The molecule has 2 fully saturated rings. The van der Waals surface area contributed by atoms with E-state index in [-0.39, 0.29) is 12.1 Å². The number of unbranched alkanes of at least 4 members (excludes halogenated alkanes) is 1. The van der Waals surface area contributed by atoms with E-state index in [9.17, 15) is 28.7 Å². The molecule has 3 heterocycles. The number of amides is 2. The van der Waals surface area contributed by atoms with Crippen molar-refractivity contribution in [2.75, 3.05) is 70.6 Å². The average molecular weight is 619 g/mol. The fraction of sp³-hybridized carbons (Fsp3) is 0.536.